The summed E-state index contributed by atoms with van der Waals surface area (Å²) in [5.74, 6) is 0.462. The summed E-state index contributed by atoms with van der Waals surface area (Å²) >= 11 is 0. The van der Waals surface area contributed by atoms with Gasteiger partial charge in [-0.2, -0.15) is 0 Å². The molecule has 2 rings (SSSR count). The maximum absolute atomic E-state index is 10.4. The summed E-state index contributed by atoms with van der Waals surface area (Å²) in [6, 6.07) is 6.26. The molecule has 6 nitrogen and oxygen atoms in total. The van der Waals surface area contributed by atoms with Crippen molar-refractivity contribution >= 4 is 17.3 Å². The summed E-state index contributed by atoms with van der Waals surface area (Å²) in [4.78, 5) is 15.9. The van der Waals surface area contributed by atoms with Crippen LogP contribution < -0.4 is 10.6 Å². The van der Waals surface area contributed by atoms with E-state index in [4.69, 9.17) is 5.73 Å². The van der Waals surface area contributed by atoms with Gasteiger partial charge in [-0.15, -0.1) is 0 Å². The molecule has 0 bridgehead atoms. The fourth-order valence-electron chi connectivity index (χ4n) is 1.48. The minimum Gasteiger partial charge on any atom is -0.370 e. The van der Waals surface area contributed by atoms with Crippen molar-refractivity contribution in [3.05, 3.63) is 34.4 Å². The molecular weight excluding hydrogens is 196 g/mol. The van der Waals surface area contributed by atoms with Crippen LogP contribution in [0.5, 0.6) is 0 Å². The van der Waals surface area contributed by atoms with Gasteiger partial charge in [-0.1, -0.05) is 0 Å². The largest absolute Gasteiger partial charge is 0.370 e. The van der Waals surface area contributed by atoms with E-state index in [1.165, 1.54) is 12.1 Å². The van der Waals surface area contributed by atoms with Crippen LogP contribution in [0.25, 0.3) is 0 Å². The third kappa shape index (κ3) is 1.74. The highest BCUT2D eigenvalue weighted by atomic mass is 16.6. The lowest BCUT2D eigenvalue weighted by molar-refractivity contribution is -0.384. The number of aliphatic imine (C=N–C) groups is 1. The summed E-state index contributed by atoms with van der Waals surface area (Å²) in [7, 11) is 0. The second-order valence-electron chi connectivity index (χ2n) is 3.17. The SMILES string of the molecule is NC1=NCCN1c1ccc([N+](=O)[O-])cc1. The fourth-order valence-corrected chi connectivity index (χ4v) is 1.48. The Bertz CT molecular complexity index is 413. The van der Waals surface area contributed by atoms with Crippen LogP contribution in [0.3, 0.4) is 0 Å². The molecule has 1 aromatic carbocycles. The number of anilines is 1. The number of rotatable bonds is 2. The third-order valence-electron chi connectivity index (χ3n) is 2.25. The van der Waals surface area contributed by atoms with Gasteiger partial charge in [0.05, 0.1) is 11.5 Å². The zero-order valence-electron chi connectivity index (χ0n) is 7.96. The summed E-state index contributed by atoms with van der Waals surface area (Å²) < 4.78 is 0. The molecule has 0 radical (unpaired) electrons. The van der Waals surface area contributed by atoms with Crippen LogP contribution in [0.15, 0.2) is 29.3 Å². The van der Waals surface area contributed by atoms with Gasteiger partial charge in [0, 0.05) is 24.4 Å². The quantitative estimate of drug-likeness (QED) is 0.571. The van der Waals surface area contributed by atoms with Crippen LogP contribution in [-0.4, -0.2) is 24.0 Å². The minimum atomic E-state index is -0.425. The predicted molar refractivity (Wildman–Crippen MR) is 56.9 cm³/mol. The number of nitro groups is 1. The molecule has 0 spiro atoms. The molecule has 0 aliphatic carbocycles. The topological polar surface area (TPSA) is 84.8 Å². The molecule has 1 heterocycles. The lowest BCUT2D eigenvalue weighted by Crippen LogP contribution is -2.33. The molecule has 2 N–H and O–H groups in total. The van der Waals surface area contributed by atoms with Gasteiger partial charge in [0.1, 0.15) is 0 Å². The molecule has 1 aromatic rings. The Kier molecular flexibility index (Phi) is 2.24. The van der Waals surface area contributed by atoms with Gasteiger partial charge in [-0.05, 0) is 12.1 Å². The highest BCUT2D eigenvalue weighted by molar-refractivity contribution is 5.96. The van der Waals surface area contributed by atoms with E-state index < -0.39 is 4.92 Å². The Morgan fingerprint density at radius 3 is 2.53 bits per heavy atom. The van der Waals surface area contributed by atoms with Gasteiger partial charge >= 0.3 is 0 Å². The van der Waals surface area contributed by atoms with Crippen LogP contribution in [-0.2, 0) is 0 Å². The molecule has 0 fully saturated rings. The van der Waals surface area contributed by atoms with Crippen molar-refractivity contribution in [2.24, 2.45) is 10.7 Å². The first kappa shape index (κ1) is 9.45. The molecule has 0 amide bonds. The summed E-state index contributed by atoms with van der Waals surface area (Å²) in [5, 5.41) is 10.4. The summed E-state index contributed by atoms with van der Waals surface area (Å²) in [6.07, 6.45) is 0. The van der Waals surface area contributed by atoms with Gasteiger partial charge in [-0.25, -0.2) is 0 Å². The number of nitro benzene ring substituents is 1. The van der Waals surface area contributed by atoms with E-state index >= 15 is 0 Å². The van der Waals surface area contributed by atoms with E-state index in [0.29, 0.717) is 12.5 Å². The first-order chi connectivity index (χ1) is 7.18. The Hall–Kier alpha value is -2.11. The molecule has 1 aliphatic heterocycles. The number of hydrogen-bond acceptors (Lipinski definition) is 5. The number of nitrogens with zero attached hydrogens (tertiary/aromatic N) is 3. The number of benzene rings is 1. The zero-order valence-corrected chi connectivity index (χ0v) is 7.96. The van der Waals surface area contributed by atoms with Crippen LogP contribution in [0, 0.1) is 10.1 Å². The molecule has 0 atom stereocenters. The standard InChI is InChI=1S/C9H10N4O2/c10-9-11-5-6-12(9)7-1-3-8(4-2-7)13(14)15/h1-4H,5-6H2,(H2,10,11). The Morgan fingerprint density at radius 1 is 1.40 bits per heavy atom. The van der Waals surface area contributed by atoms with Crippen molar-refractivity contribution in [3.63, 3.8) is 0 Å². The smallest absolute Gasteiger partial charge is 0.269 e. The second-order valence-corrected chi connectivity index (χ2v) is 3.17. The van der Waals surface area contributed by atoms with Crippen molar-refractivity contribution in [2.45, 2.75) is 0 Å². The molecule has 0 saturated carbocycles. The molecule has 78 valence electrons. The molecule has 6 heteroatoms. The maximum Gasteiger partial charge on any atom is 0.269 e. The molecular formula is C9H10N4O2. The van der Waals surface area contributed by atoms with Gasteiger partial charge in [0.2, 0.25) is 0 Å². The highest BCUT2D eigenvalue weighted by Crippen LogP contribution is 2.20. The van der Waals surface area contributed by atoms with E-state index in [2.05, 4.69) is 4.99 Å². The number of non-ortho nitro benzene ring substituents is 1. The number of hydrogen-bond donors (Lipinski definition) is 1. The fraction of sp³-hybridized carbons (Fsp3) is 0.222. The van der Waals surface area contributed by atoms with Crippen molar-refractivity contribution in [1.82, 2.24) is 0 Å². The minimum absolute atomic E-state index is 0.0773. The van der Waals surface area contributed by atoms with E-state index in [1.54, 1.807) is 12.1 Å². The van der Waals surface area contributed by atoms with Crippen LogP contribution >= 0.6 is 0 Å². The second kappa shape index (κ2) is 3.56. The molecule has 0 unspecified atom stereocenters. The van der Waals surface area contributed by atoms with Gasteiger partial charge in [-0.3, -0.25) is 15.1 Å². The average Bonchev–Trinajstić information content (AvgIpc) is 2.65. The molecule has 0 saturated heterocycles. The lowest BCUT2D eigenvalue weighted by Gasteiger charge is -2.16. The van der Waals surface area contributed by atoms with Crippen LogP contribution in [0.4, 0.5) is 11.4 Å². The van der Waals surface area contributed by atoms with E-state index in [1.807, 2.05) is 4.90 Å². The van der Waals surface area contributed by atoms with E-state index in [0.717, 1.165) is 12.2 Å². The Labute approximate surface area is 86.2 Å². The van der Waals surface area contributed by atoms with Crippen molar-refractivity contribution in [2.75, 3.05) is 18.0 Å². The summed E-state index contributed by atoms with van der Waals surface area (Å²) in [5.41, 5.74) is 6.56. The number of guanidine groups is 1. The Balaban J connectivity index is 2.24. The van der Waals surface area contributed by atoms with Crippen LogP contribution in [0.1, 0.15) is 0 Å². The van der Waals surface area contributed by atoms with E-state index in [-0.39, 0.29) is 5.69 Å². The van der Waals surface area contributed by atoms with Gasteiger partial charge in [0.15, 0.2) is 5.96 Å². The molecule has 0 aromatic heterocycles. The van der Waals surface area contributed by atoms with Crippen molar-refractivity contribution < 1.29 is 4.92 Å². The molecule has 15 heavy (non-hydrogen) atoms. The number of nitrogens with two attached hydrogens (primary N) is 1. The highest BCUT2D eigenvalue weighted by Gasteiger charge is 2.16. The molecule has 1 aliphatic rings. The monoisotopic (exact) mass is 206 g/mol. The Morgan fingerprint density at radius 2 is 2.07 bits per heavy atom. The van der Waals surface area contributed by atoms with Gasteiger partial charge in [0.25, 0.3) is 5.69 Å². The third-order valence-corrected chi connectivity index (χ3v) is 2.25. The van der Waals surface area contributed by atoms with Gasteiger partial charge < -0.3 is 10.6 Å². The maximum atomic E-state index is 10.4. The first-order valence-electron chi connectivity index (χ1n) is 4.50. The van der Waals surface area contributed by atoms with E-state index in [9.17, 15) is 10.1 Å². The normalized spacial score (nSPS) is 15.2. The summed E-state index contributed by atoms with van der Waals surface area (Å²) in [6.45, 7) is 1.40. The lowest BCUT2D eigenvalue weighted by atomic mass is 10.2. The predicted octanol–water partition coefficient (Wildman–Crippen LogP) is 0.730. The first-order valence-corrected chi connectivity index (χ1v) is 4.50. The van der Waals surface area contributed by atoms with Crippen LogP contribution in [0.2, 0.25) is 0 Å². The van der Waals surface area contributed by atoms with Crippen molar-refractivity contribution in [1.29, 1.82) is 0 Å². The van der Waals surface area contributed by atoms with Crippen molar-refractivity contribution in [3.8, 4) is 0 Å². The average molecular weight is 206 g/mol. The zero-order chi connectivity index (χ0) is 10.8.